The van der Waals surface area contributed by atoms with E-state index in [0.717, 1.165) is 0 Å². The monoisotopic (exact) mass is 385 g/mol. The first kappa shape index (κ1) is 19.6. The van der Waals surface area contributed by atoms with Crippen molar-refractivity contribution < 1.29 is 23.9 Å². The fraction of sp³-hybridized carbons (Fsp3) is 0.350. The maximum atomic E-state index is 12.9. The molecule has 0 spiro atoms. The zero-order valence-corrected chi connectivity index (χ0v) is 15.9. The number of rotatable bonds is 7. The largest absolute Gasteiger partial charge is 0.478 e. The molecule has 0 fully saturated rings. The van der Waals surface area contributed by atoms with E-state index >= 15 is 0 Å². The van der Waals surface area contributed by atoms with Crippen LogP contribution in [0.1, 0.15) is 30.0 Å². The van der Waals surface area contributed by atoms with Crippen molar-refractivity contribution in [1.29, 1.82) is 0 Å². The first-order valence-corrected chi connectivity index (χ1v) is 9.17. The van der Waals surface area contributed by atoms with Crippen molar-refractivity contribution in [2.24, 2.45) is 0 Å². The van der Waals surface area contributed by atoms with Gasteiger partial charge in [0.25, 0.3) is 0 Å². The minimum Gasteiger partial charge on any atom is -0.478 e. The SMILES string of the molecule is CCN(CC)CC(=O)N1CC(=O)N(Cc2ccco2)c2ccc(C(=O)O)cc21. The van der Waals surface area contributed by atoms with Crippen molar-refractivity contribution in [2.75, 3.05) is 36.0 Å². The van der Waals surface area contributed by atoms with Gasteiger partial charge in [0.15, 0.2) is 0 Å². The van der Waals surface area contributed by atoms with Crippen molar-refractivity contribution >= 4 is 29.2 Å². The number of anilines is 2. The molecule has 28 heavy (non-hydrogen) atoms. The van der Waals surface area contributed by atoms with Gasteiger partial charge in [-0.1, -0.05) is 13.8 Å². The lowest BCUT2D eigenvalue weighted by Crippen LogP contribution is -2.50. The first-order valence-electron chi connectivity index (χ1n) is 9.17. The maximum Gasteiger partial charge on any atom is 0.335 e. The van der Waals surface area contributed by atoms with Crippen molar-refractivity contribution in [3.8, 4) is 0 Å². The number of carbonyl (C=O) groups excluding carboxylic acids is 2. The number of hydrogen-bond acceptors (Lipinski definition) is 5. The lowest BCUT2D eigenvalue weighted by atomic mass is 10.1. The van der Waals surface area contributed by atoms with Crippen LogP contribution >= 0.6 is 0 Å². The molecule has 1 aromatic carbocycles. The number of carboxylic acids is 1. The normalized spacial score (nSPS) is 13.8. The average Bonchev–Trinajstić information content (AvgIpc) is 3.20. The molecule has 1 aromatic heterocycles. The summed E-state index contributed by atoms with van der Waals surface area (Å²) >= 11 is 0. The minimum atomic E-state index is -1.09. The highest BCUT2D eigenvalue weighted by Gasteiger charge is 2.34. The highest BCUT2D eigenvalue weighted by Crippen LogP contribution is 2.35. The number of carboxylic acid groups (broad SMARTS) is 1. The molecular formula is C20H23N3O5. The number of carbonyl (C=O) groups is 3. The standard InChI is InChI=1S/C20H23N3O5/c1-3-21(4-2)12-18(24)23-13-19(25)22(11-15-6-5-9-28-15)16-8-7-14(20(26)27)10-17(16)23/h5-10H,3-4,11-13H2,1-2H3,(H,26,27). The summed E-state index contributed by atoms with van der Waals surface area (Å²) < 4.78 is 5.34. The topological polar surface area (TPSA) is 94.3 Å². The van der Waals surface area contributed by atoms with Crippen LogP contribution in [0, 0.1) is 0 Å². The summed E-state index contributed by atoms with van der Waals surface area (Å²) in [6, 6.07) is 7.94. The molecular weight excluding hydrogens is 362 g/mol. The Morgan fingerprint density at radius 3 is 2.54 bits per heavy atom. The molecule has 2 heterocycles. The highest BCUT2D eigenvalue weighted by atomic mass is 16.4. The van der Waals surface area contributed by atoms with Crippen LogP contribution in [0.2, 0.25) is 0 Å². The van der Waals surface area contributed by atoms with Crippen molar-refractivity contribution in [2.45, 2.75) is 20.4 Å². The van der Waals surface area contributed by atoms with E-state index in [9.17, 15) is 19.5 Å². The van der Waals surface area contributed by atoms with Crippen molar-refractivity contribution in [3.63, 3.8) is 0 Å². The summed E-state index contributed by atoms with van der Waals surface area (Å²) in [6.07, 6.45) is 1.53. The van der Waals surface area contributed by atoms with Gasteiger partial charge in [0.2, 0.25) is 11.8 Å². The molecule has 0 saturated heterocycles. The minimum absolute atomic E-state index is 0.0617. The molecule has 1 aliphatic heterocycles. The van der Waals surface area contributed by atoms with Gasteiger partial charge < -0.3 is 14.4 Å². The van der Waals surface area contributed by atoms with E-state index in [0.29, 0.717) is 30.2 Å². The number of furan rings is 1. The molecule has 1 N–H and O–H groups in total. The average molecular weight is 385 g/mol. The van der Waals surface area contributed by atoms with Gasteiger partial charge in [-0.3, -0.25) is 19.4 Å². The predicted molar refractivity (Wildman–Crippen MR) is 103 cm³/mol. The van der Waals surface area contributed by atoms with Crippen LogP contribution in [0.3, 0.4) is 0 Å². The summed E-state index contributed by atoms with van der Waals surface area (Å²) in [5.74, 6) is -0.976. The van der Waals surface area contributed by atoms with Crippen molar-refractivity contribution in [3.05, 3.63) is 47.9 Å². The fourth-order valence-electron chi connectivity index (χ4n) is 3.22. The Morgan fingerprint density at radius 2 is 1.93 bits per heavy atom. The molecule has 0 bridgehead atoms. The van der Waals surface area contributed by atoms with Crippen LogP contribution in [-0.4, -0.2) is 54.0 Å². The van der Waals surface area contributed by atoms with Gasteiger partial charge in [-0.05, 0) is 43.4 Å². The molecule has 0 saturated carbocycles. The van der Waals surface area contributed by atoms with E-state index in [2.05, 4.69) is 0 Å². The van der Waals surface area contributed by atoms with E-state index in [4.69, 9.17) is 4.42 Å². The zero-order chi connectivity index (χ0) is 20.3. The first-order chi connectivity index (χ1) is 13.4. The smallest absolute Gasteiger partial charge is 0.335 e. The van der Waals surface area contributed by atoms with Gasteiger partial charge in [0, 0.05) is 0 Å². The number of hydrogen-bond donors (Lipinski definition) is 1. The van der Waals surface area contributed by atoms with E-state index in [-0.39, 0.29) is 37.0 Å². The Bertz CT molecular complexity index is 874. The summed E-state index contributed by atoms with van der Waals surface area (Å²) in [6.45, 7) is 5.56. The number of aromatic carboxylic acids is 1. The van der Waals surface area contributed by atoms with Crippen LogP contribution in [0.15, 0.2) is 41.0 Å². The molecule has 148 valence electrons. The molecule has 8 heteroatoms. The van der Waals surface area contributed by atoms with Gasteiger partial charge in [0.05, 0.1) is 36.3 Å². The van der Waals surface area contributed by atoms with Gasteiger partial charge in [-0.25, -0.2) is 4.79 Å². The van der Waals surface area contributed by atoms with E-state index < -0.39 is 5.97 Å². The second-order valence-corrected chi connectivity index (χ2v) is 6.51. The lowest BCUT2D eigenvalue weighted by Gasteiger charge is -2.36. The Balaban J connectivity index is 1.99. The Hall–Kier alpha value is -3.13. The van der Waals surface area contributed by atoms with Gasteiger partial charge >= 0.3 is 5.97 Å². The second kappa shape index (κ2) is 8.26. The van der Waals surface area contributed by atoms with Crippen molar-refractivity contribution in [1.82, 2.24) is 4.90 Å². The van der Waals surface area contributed by atoms with Gasteiger partial charge in [0.1, 0.15) is 12.3 Å². The van der Waals surface area contributed by atoms with E-state index in [1.807, 2.05) is 18.7 Å². The highest BCUT2D eigenvalue weighted by molar-refractivity contribution is 6.12. The third kappa shape index (κ3) is 3.91. The Morgan fingerprint density at radius 1 is 1.18 bits per heavy atom. The summed E-state index contributed by atoms with van der Waals surface area (Å²) in [7, 11) is 0. The molecule has 0 atom stereocenters. The second-order valence-electron chi connectivity index (χ2n) is 6.51. The number of nitrogens with zero attached hydrogens (tertiary/aromatic N) is 3. The molecule has 8 nitrogen and oxygen atoms in total. The molecule has 0 radical (unpaired) electrons. The number of likely N-dealkylation sites (N-methyl/N-ethyl adjacent to an activating group) is 1. The summed E-state index contributed by atoms with van der Waals surface area (Å²) in [5, 5.41) is 9.35. The van der Waals surface area contributed by atoms with Crippen LogP contribution in [0.5, 0.6) is 0 Å². The van der Waals surface area contributed by atoms with Crippen LogP contribution < -0.4 is 9.80 Å². The molecule has 0 unspecified atom stereocenters. The lowest BCUT2D eigenvalue weighted by molar-refractivity contribution is -0.123. The third-order valence-corrected chi connectivity index (χ3v) is 4.85. The predicted octanol–water partition coefficient (Wildman–Crippen LogP) is 2.20. The molecule has 0 aliphatic carbocycles. The Kier molecular flexibility index (Phi) is 5.79. The molecule has 2 amide bonds. The summed E-state index contributed by atoms with van der Waals surface area (Å²) in [4.78, 5) is 42.0. The Labute approximate surface area is 162 Å². The van der Waals surface area contributed by atoms with E-state index in [1.165, 1.54) is 28.2 Å². The van der Waals surface area contributed by atoms with Crippen LogP contribution in [-0.2, 0) is 16.1 Å². The molecule has 1 aliphatic rings. The number of fused-ring (bicyclic) bond motifs is 1. The van der Waals surface area contributed by atoms with E-state index in [1.54, 1.807) is 18.2 Å². The maximum absolute atomic E-state index is 12.9. The number of amides is 2. The fourth-order valence-corrected chi connectivity index (χ4v) is 3.22. The molecule has 2 aromatic rings. The van der Waals surface area contributed by atoms with Crippen LogP contribution in [0.4, 0.5) is 11.4 Å². The molecule has 3 rings (SSSR count). The quantitative estimate of drug-likeness (QED) is 0.785. The third-order valence-electron chi connectivity index (χ3n) is 4.85. The summed E-state index contributed by atoms with van der Waals surface area (Å²) in [5.41, 5.74) is 0.973. The van der Waals surface area contributed by atoms with Gasteiger partial charge in [-0.15, -0.1) is 0 Å². The zero-order valence-electron chi connectivity index (χ0n) is 15.9. The van der Waals surface area contributed by atoms with Gasteiger partial charge in [-0.2, -0.15) is 0 Å². The number of benzene rings is 1. The van der Waals surface area contributed by atoms with Crippen LogP contribution in [0.25, 0.3) is 0 Å².